The van der Waals surface area contributed by atoms with E-state index in [0.29, 0.717) is 11.3 Å². The van der Waals surface area contributed by atoms with Gasteiger partial charge in [0.2, 0.25) is 5.91 Å². The molecule has 1 aromatic rings. The van der Waals surface area contributed by atoms with E-state index in [9.17, 15) is 18.0 Å². The molecule has 1 aromatic carbocycles. The number of fused-ring (bicyclic) bond motifs is 1. The van der Waals surface area contributed by atoms with Gasteiger partial charge in [-0.3, -0.25) is 4.79 Å². The molecule has 0 fully saturated rings. The van der Waals surface area contributed by atoms with Gasteiger partial charge in [0.15, 0.2) is 0 Å². The van der Waals surface area contributed by atoms with Gasteiger partial charge in [-0.05, 0) is 11.6 Å². The third-order valence-corrected chi connectivity index (χ3v) is 2.66. The highest BCUT2D eigenvalue weighted by atomic mass is 35.5. The molecule has 7 heteroatoms. The van der Waals surface area contributed by atoms with Crippen molar-refractivity contribution in [2.24, 2.45) is 5.73 Å². The fraction of sp³-hybridized carbons (Fsp3) is 0.250. The normalized spacial score (nSPS) is 14.3. The zero-order valence-electron chi connectivity index (χ0n) is 9.78. The summed E-state index contributed by atoms with van der Waals surface area (Å²) in [6, 6.07) is 6.66. The van der Waals surface area contributed by atoms with E-state index in [2.05, 4.69) is 0 Å². The number of rotatable bonds is 2. The largest absolute Gasteiger partial charge is 0.406 e. The van der Waals surface area contributed by atoms with Crippen molar-refractivity contribution in [1.29, 1.82) is 0 Å². The quantitative estimate of drug-likeness (QED) is 0.910. The summed E-state index contributed by atoms with van der Waals surface area (Å²) in [7, 11) is 0. The molecule has 0 radical (unpaired) electrons. The molecule has 0 spiro atoms. The lowest BCUT2D eigenvalue weighted by Crippen LogP contribution is -2.34. The first kappa shape index (κ1) is 15.4. The molecule has 0 saturated carbocycles. The van der Waals surface area contributed by atoms with E-state index in [1.807, 2.05) is 0 Å². The summed E-state index contributed by atoms with van der Waals surface area (Å²) in [5.74, 6) is -0.698. The molecule has 0 aliphatic carbocycles. The molecule has 1 amide bonds. The molecule has 1 aliphatic rings. The second kappa shape index (κ2) is 5.52. The minimum atomic E-state index is -4.34. The van der Waals surface area contributed by atoms with Crippen molar-refractivity contribution >= 4 is 24.0 Å². The highest BCUT2D eigenvalue weighted by molar-refractivity contribution is 5.94. The van der Waals surface area contributed by atoms with Crippen LogP contribution in [0.25, 0.3) is 0 Å². The Balaban J connectivity index is 0.00000180. The van der Waals surface area contributed by atoms with Gasteiger partial charge in [0.05, 0.1) is 0 Å². The third-order valence-electron chi connectivity index (χ3n) is 2.66. The van der Waals surface area contributed by atoms with E-state index in [1.165, 1.54) is 6.20 Å². The van der Waals surface area contributed by atoms with Crippen molar-refractivity contribution in [1.82, 2.24) is 0 Å². The van der Waals surface area contributed by atoms with Crippen molar-refractivity contribution < 1.29 is 18.0 Å². The van der Waals surface area contributed by atoms with Gasteiger partial charge in [0.25, 0.3) is 0 Å². The van der Waals surface area contributed by atoms with Gasteiger partial charge in [-0.1, -0.05) is 18.2 Å². The van der Waals surface area contributed by atoms with Gasteiger partial charge in [0, 0.05) is 23.9 Å². The number of anilines is 1. The smallest absolute Gasteiger partial charge is 0.366 e. The maximum absolute atomic E-state index is 12.5. The molecule has 0 saturated heterocycles. The van der Waals surface area contributed by atoms with Crippen molar-refractivity contribution in [3.05, 3.63) is 41.6 Å². The number of hydrogen-bond acceptors (Lipinski definition) is 2. The molecular weight excluding hydrogens is 281 g/mol. The van der Waals surface area contributed by atoms with Crippen molar-refractivity contribution in [2.45, 2.75) is 12.6 Å². The SMILES string of the molecule is Cl.NC(=O)C1=CN(CC(F)(F)F)c2ccccc2C1. The molecule has 2 N–H and O–H groups in total. The average Bonchev–Trinajstić information content (AvgIpc) is 2.26. The summed E-state index contributed by atoms with van der Waals surface area (Å²) < 4.78 is 37.4. The van der Waals surface area contributed by atoms with Crippen LogP contribution < -0.4 is 10.6 Å². The molecular formula is C12H12ClF3N2O. The summed E-state index contributed by atoms with van der Waals surface area (Å²) in [4.78, 5) is 12.1. The van der Waals surface area contributed by atoms with Crippen molar-refractivity contribution in [3.63, 3.8) is 0 Å². The number of amides is 1. The van der Waals surface area contributed by atoms with E-state index in [1.54, 1.807) is 24.3 Å². The van der Waals surface area contributed by atoms with Crippen LogP contribution >= 0.6 is 12.4 Å². The number of carbonyl (C=O) groups is 1. The van der Waals surface area contributed by atoms with E-state index in [4.69, 9.17) is 5.73 Å². The van der Waals surface area contributed by atoms with Gasteiger partial charge in [0.1, 0.15) is 6.54 Å². The van der Waals surface area contributed by atoms with Crippen LogP contribution in [0.2, 0.25) is 0 Å². The molecule has 1 heterocycles. The topological polar surface area (TPSA) is 46.3 Å². The average molecular weight is 293 g/mol. The van der Waals surface area contributed by atoms with Gasteiger partial charge in [-0.15, -0.1) is 12.4 Å². The second-order valence-electron chi connectivity index (χ2n) is 4.07. The lowest BCUT2D eigenvalue weighted by atomic mass is 9.99. The number of hydrogen-bond donors (Lipinski definition) is 1. The molecule has 3 nitrogen and oxygen atoms in total. The Morgan fingerprint density at radius 3 is 2.53 bits per heavy atom. The molecule has 19 heavy (non-hydrogen) atoms. The summed E-state index contributed by atoms with van der Waals surface area (Å²) in [5.41, 5.74) is 6.44. The van der Waals surface area contributed by atoms with Crippen LogP contribution in [-0.2, 0) is 11.2 Å². The molecule has 104 valence electrons. The highest BCUT2D eigenvalue weighted by Gasteiger charge is 2.32. The Hall–Kier alpha value is -1.69. The van der Waals surface area contributed by atoms with Crippen LogP contribution in [-0.4, -0.2) is 18.6 Å². The second-order valence-corrected chi connectivity index (χ2v) is 4.07. The lowest BCUT2D eigenvalue weighted by Gasteiger charge is -2.29. The van der Waals surface area contributed by atoms with Crippen molar-refractivity contribution in [2.75, 3.05) is 11.4 Å². The molecule has 2 rings (SSSR count). The van der Waals surface area contributed by atoms with Gasteiger partial charge in [-0.25, -0.2) is 0 Å². The third kappa shape index (κ3) is 3.64. The number of carbonyl (C=O) groups excluding carboxylic acids is 1. The number of para-hydroxylation sites is 1. The first-order valence-corrected chi connectivity index (χ1v) is 5.28. The first-order valence-electron chi connectivity index (χ1n) is 5.28. The maximum Gasteiger partial charge on any atom is 0.406 e. The Morgan fingerprint density at radius 1 is 1.32 bits per heavy atom. The van der Waals surface area contributed by atoms with E-state index in [-0.39, 0.29) is 24.4 Å². The fourth-order valence-corrected chi connectivity index (χ4v) is 1.92. The summed E-state index contributed by atoms with van der Waals surface area (Å²) in [6.45, 7) is -1.14. The van der Waals surface area contributed by atoms with Gasteiger partial charge in [-0.2, -0.15) is 13.2 Å². The highest BCUT2D eigenvalue weighted by Crippen LogP contribution is 2.31. The number of nitrogens with two attached hydrogens (primary N) is 1. The number of primary amides is 1. The Morgan fingerprint density at radius 2 is 1.95 bits per heavy atom. The van der Waals surface area contributed by atoms with Crippen LogP contribution in [0.3, 0.4) is 0 Å². The molecule has 1 aliphatic heterocycles. The Kier molecular flexibility index (Phi) is 4.47. The Labute approximate surface area is 114 Å². The molecule has 0 unspecified atom stereocenters. The fourth-order valence-electron chi connectivity index (χ4n) is 1.92. The van der Waals surface area contributed by atoms with Gasteiger partial charge >= 0.3 is 6.18 Å². The minimum Gasteiger partial charge on any atom is -0.366 e. The van der Waals surface area contributed by atoms with Crippen LogP contribution in [0.5, 0.6) is 0 Å². The number of halogens is 4. The zero-order valence-corrected chi connectivity index (χ0v) is 10.6. The summed E-state index contributed by atoms with van der Waals surface area (Å²) in [5, 5.41) is 0. The predicted octanol–water partition coefficient (Wildman–Crippen LogP) is 2.40. The van der Waals surface area contributed by atoms with E-state index < -0.39 is 18.6 Å². The van der Waals surface area contributed by atoms with Crippen LogP contribution in [0.1, 0.15) is 5.56 Å². The molecule has 0 bridgehead atoms. The maximum atomic E-state index is 12.5. The van der Waals surface area contributed by atoms with Crippen LogP contribution in [0.4, 0.5) is 18.9 Å². The summed E-state index contributed by atoms with van der Waals surface area (Å²) in [6.07, 6.45) is -2.90. The first-order chi connectivity index (χ1) is 8.37. The number of nitrogens with zero attached hydrogens (tertiary/aromatic N) is 1. The predicted molar refractivity (Wildman–Crippen MR) is 68.1 cm³/mol. The van der Waals surface area contributed by atoms with Gasteiger partial charge < -0.3 is 10.6 Å². The molecule has 0 atom stereocenters. The lowest BCUT2D eigenvalue weighted by molar-refractivity contribution is -0.119. The van der Waals surface area contributed by atoms with Crippen molar-refractivity contribution in [3.8, 4) is 0 Å². The number of benzene rings is 1. The monoisotopic (exact) mass is 292 g/mol. The van der Waals surface area contributed by atoms with Crippen LogP contribution in [0.15, 0.2) is 36.0 Å². The molecule has 0 aromatic heterocycles. The Bertz CT molecular complexity index is 514. The minimum absolute atomic E-state index is 0. The van der Waals surface area contributed by atoms with Crippen LogP contribution in [0, 0.1) is 0 Å². The van der Waals surface area contributed by atoms with E-state index in [0.717, 1.165) is 4.90 Å². The summed E-state index contributed by atoms with van der Waals surface area (Å²) >= 11 is 0. The standard InChI is InChI=1S/C12H11F3N2O.ClH/c13-12(14,15)7-17-6-9(11(16)18)5-8-3-1-2-4-10(8)17;/h1-4,6H,5,7H2,(H2,16,18);1H. The zero-order chi connectivity index (χ0) is 13.3. The van der Waals surface area contributed by atoms with E-state index >= 15 is 0 Å². The number of alkyl halides is 3.